The molecule has 0 aromatic heterocycles. The number of hydrogen-bond donors (Lipinski definition) is 2. The molecule has 1 aromatic rings. The molecule has 0 bridgehead atoms. The molecule has 3 N–H and O–H groups in total. The molecule has 1 heterocycles. The summed E-state index contributed by atoms with van der Waals surface area (Å²) in [5, 5.41) is 0. The van der Waals surface area contributed by atoms with Crippen LogP contribution in [0.5, 0.6) is 0 Å². The average Bonchev–Trinajstić information content (AvgIpc) is 2.66. The largest absolute Gasteiger partial charge is 0.398 e. The first-order chi connectivity index (χ1) is 9.99. The van der Waals surface area contributed by atoms with Crippen molar-refractivity contribution in [1.29, 1.82) is 0 Å². The number of sulfonamides is 1. The van der Waals surface area contributed by atoms with Crippen LogP contribution in [0, 0.1) is 0 Å². The van der Waals surface area contributed by atoms with Gasteiger partial charge in [0.25, 0.3) is 0 Å². The third-order valence-electron chi connectivity index (χ3n) is 3.68. The van der Waals surface area contributed by atoms with E-state index in [9.17, 15) is 8.42 Å². The zero-order valence-corrected chi connectivity index (χ0v) is 14.4. The molecule has 1 fully saturated rings. The number of nitrogens with zero attached hydrogens (tertiary/aromatic N) is 1. The van der Waals surface area contributed by atoms with Gasteiger partial charge in [-0.1, -0.05) is 28.8 Å². The summed E-state index contributed by atoms with van der Waals surface area (Å²) in [5.41, 5.74) is 6.04. The molecular weight excluding hydrogens is 354 g/mol. The molecule has 7 heteroatoms. The normalized spacial score (nSPS) is 17.6. The van der Waals surface area contributed by atoms with E-state index in [4.69, 9.17) is 5.73 Å². The highest BCUT2D eigenvalue weighted by molar-refractivity contribution is 9.10. The van der Waals surface area contributed by atoms with Crippen LogP contribution in [0.25, 0.3) is 0 Å². The Labute approximate surface area is 135 Å². The molecule has 0 unspecified atom stereocenters. The number of halogens is 1. The van der Waals surface area contributed by atoms with E-state index in [0.717, 1.165) is 24.1 Å². The summed E-state index contributed by atoms with van der Waals surface area (Å²) >= 11 is 3.27. The van der Waals surface area contributed by atoms with Crippen molar-refractivity contribution < 1.29 is 8.42 Å². The summed E-state index contributed by atoms with van der Waals surface area (Å²) in [6.07, 6.45) is 4.95. The van der Waals surface area contributed by atoms with E-state index in [-0.39, 0.29) is 10.6 Å². The zero-order valence-electron chi connectivity index (χ0n) is 12.0. The first-order valence-corrected chi connectivity index (χ1v) is 9.54. The molecule has 1 aromatic carbocycles. The second-order valence-corrected chi connectivity index (χ2v) is 7.99. The van der Waals surface area contributed by atoms with Crippen molar-refractivity contribution in [2.24, 2.45) is 0 Å². The van der Waals surface area contributed by atoms with Crippen molar-refractivity contribution in [3.8, 4) is 0 Å². The van der Waals surface area contributed by atoms with E-state index in [1.54, 1.807) is 12.1 Å². The van der Waals surface area contributed by atoms with Crippen LogP contribution in [0.2, 0.25) is 0 Å². The van der Waals surface area contributed by atoms with Gasteiger partial charge < -0.3 is 10.6 Å². The van der Waals surface area contributed by atoms with Crippen LogP contribution in [-0.4, -0.2) is 39.5 Å². The second kappa shape index (κ2) is 7.58. The standard InChI is InChI=1S/C14H22BrN3O2S/c15-12-5-6-14(13(16)11-12)21(19,20)17-7-10-18-8-3-1-2-4-9-18/h5-6,11,17H,1-4,7-10,16H2. The Morgan fingerprint density at radius 1 is 1.19 bits per heavy atom. The number of hydrogen-bond acceptors (Lipinski definition) is 4. The minimum absolute atomic E-state index is 0.140. The highest BCUT2D eigenvalue weighted by Crippen LogP contribution is 2.22. The number of anilines is 1. The summed E-state index contributed by atoms with van der Waals surface area (Å²) < 4.78 is 27.9. The van der Waals surface area contributed by atoms with Gasteiger partial charge in [0.2, 0.25) is 10.0 Å². The number of nitrogen functional groups attached to an aromatic ring is 1. The molecule has 5 nitrogen and oxygen atoms in total. The average molecular weight is 376 g/mol. The third-order valence-corrected chi connectivity index (χ3v) is 5.71. The number of rotatable bonds is 5. The van der Waals surface area contributed by atoms with Gasteiger partial charge in [0.05, 0.1) is 5.69 Å². The lowest BCUT2D eigenvalue weighted by Crippen LogP contribution is -2.35. The molecule has 1 aliphatic rings. The Balaban J connectivity index is 1.91. The van der Waals surface area contributed by atoms with Gasteiger partial charge in [-0.15, -0.1) is 0 Å². The predicted octanol–water partition coefficient (Wildman–Crippen LogP) is 2.19. The number of nitrogens with one attached hydrogen (secondary N) is 1. The molecule has 0 saturated carbocycles. The molecule has 118 valence electrons. The van der Waals surface area contributed by atoms with Crippen LogP contribution in [0.15, 0.2) is 27.6 Å². The summed E-state index contributed by atoms with van der Waals surface area (Å²) in [6.45, 7) is 3.28. The Bertz CT molecular complexity index is 570. The van der Waals surface area contributed by atoms with Gasteiger partial charge in [-0.3, -0.25) is 0 Å². The van der Waals surface area contributed by atoms with Crippen LogP contribution < -0.4 is 10.5 Å². The Hall–Kier alpha value is -0.630. The van der Waals surface area contributed by atoms with Crippen LogP contribution >= 0.6 is 15.9 Å². The van der Waals surface area contributed by atoms with E-state index < -0.39 is 10.0 Å². The van der Waals surface area contributed by atoms with E-state index >= 15 is 0 Å². The van der Waals surface area contributed by atoms with Gasteiger partial charge in [0, 0.05) is 17.6 Å². The van der Waals surface area contributed by atoms with Crippen molar-refractivity contribution in [3.63, 3.8) is 0 Å². The molecule has 0 radical (unpaired) electrons. The third kappa shape index (κ3) is 4.95. The lowest BCUT2D eigenvalue weighted by atomic mass is 10.2. The first-order valence-electron chi connectivity index (χ1n) is 7.26. The monoisotopic (exact) mass is 375 g/mol. The highest BCUT2D eigenvalue weighted by Gasteiger charge is 2.17. The summed E-state index contributed by atoms with van der Waals surface area (Å²) in [4.78, 5) is 2.46. The van der Waals surface area contributed by atoms with Gasteiger partial charge >= 0.3 is 0 Å². The van der Waals surface area contributed by atoms with Crippen molar-refractivity contribution in [2.45, 2.75) is 30.6 Å². The summed E-state index contributed by atoms with van der Waals surface area (Å²) in [5.74, 6) is 0. The molecular formula is C14H22BrN3O2S. The second-order valence-electron chi connectivity index (χ2n) is 5.34. The first kappa shape index (κ1) is 16.7. The maximum absolute atomic E-state index is 12.2. The predicted molar refractivity (Wildman–Crippen MR) is 88.7 cm³/mol. The van der Waals surface area contributed by atoms with Crippen LogP contribution in [0.3, 0.4) is 0 Å². The van der Waals surface area contributed by atoms with Crippen molar-refractivity contribution in [2.75, 3.05) is 31.9 Å². The lowest BCUT2D eigenvalue weighted by Gasteiger charge is -2.19. The smallest absolute Gasteiger partial charge is 0.242 e. The Kier molecular flexibility index (Phi) is 6.04. The van der Waals surface area contributed by atoms with Crippen molar-refractivity contribution in [1.82, 2.24) is 9.62 Å². The van der Waals surface area contributed by atoms with Gasteiger partial charge in [0.15, 0.2) is 0 Å². The fourth-order valence-corrected chi connectivity index (χ4v) is 4.05. The molecule has 2 rings (SSSR count). The minimum Gasteiger partial charge on any atom is -0.398 e. The lowest BCUT2D eigenvalue weighted by molar-refractivity contribution is 0.290. The van der Waals surface area contributed by atoms with Crippen LogP contribution in [-0.2, 0) is 10.0 Å². The van der Waals surface area contributed by atoms with Gasteiger partial charge in [-0.2, -0.15) is 0 Å². The maximum Gasteiger partial charge on any atom is 0.242 e. The van der Waals surface area contributed by atoms with E-state index in [0.29, 0.717) is 6.54 Å². The summed E-state index contributed by atoms with van der Waals surface area (Å²) in [7, 11) is -3.54. The zero-order chi connectivity index (χ0) is 15.3. The number of nitrogens with two attached hydrogens (primary N) is 1. The van der Waals surface area contributed by atoms with Gasteiger partial charge in [0.1, 0.15) is 4.90 Å². The molecule has 1 aliphatic heterocycles. The quantitative estimate of drug-likeness (QED) is 0.773. The Morgan fingerprint density at radius 3 is 2.48 bits per heavy atom. The molecule has 1 saturated heterocycles. The highest BCUT2D eigenvalue weighted by atomic mass is 79.9. The molecule has 0 amide bonds. The van der Waals surface area contributed by atoms with Gasteiger partial charge in [-0.05, 0) is 44.1 Å². The number of likely N-dealkylation sites (tertiary alicyclic amines) is 1. The maximum atomic E-state index is 12.2. The summed E-state index contributed by atoms with van der Waals surface area (Å²) in [6, 6.07) is 4.80. The van der Waals surface area contributed by atoms with Crippen molar-refractivity contribution >= 4 is 31.6 Å². The van der Waals surface area contributed by atoms with Crippen LogP contribution in [0.1, 0.15) is 25.7 Å². The molecule has 0 atom stereocenters. The molecule has 0 aliphatic carbocycles. The minimum atomic E-state index is -3.54. The molecule has 21 heavy (non-hydrogen) atoms. The van der Waals surface area contributed by atoms with Gasteiger partial charge in [-0.25, -0.2) is 13.1 Å². The van der Waals surface area contributed by atoms with E-state index in [2.05, 4.69) is 25.6 Å². The fraction of sp³-hybridized carbons (Fsp3) is 0.571. The molecule has 0 spiro atoms. The van der Waals surface area contributed by atoms with Crippen LogP contribution in [0.4, 0.5) is 5.69 Å². The topological polar surface area (TPSA) is 75.4 Å². The fourth-order valence-electron chi connectivity index (χ4n) is 2.54. The van der Waals surface area contributed by atoms with E-state index in [1.165, 1.54) is 31.7 Å². The van der Waals surface area contributed by atoms with Crippen molar-refractivity contribution in [3.05, 3.63) is 22.7 Å². The number of benzene rings is 1. The van der Waals surface area contributed by atoms with E-state index in [1.807, 2.05) is 0 Å². The Morgan fingerprint density at radius 2 is 1.86 bits per heavy atom. The SMILES string of the molecule is Nc1cc(Br)ccc1S(=O)(=O)NCCN1CCCCCC1.